The van der Waals surface area contributed by atoms with Crippen molar-refractivity contribution in [3.05, 3.63) is 46.3 Å². The van der Waals surface area contributed by atoms with E-state index in [1.165, 1.54) is 12.1 Å². The lowest BCUT2D eigenvalue weighted by Crippen LogP contribution is -2.05. The Balaban J connectivity index is 2.46. The van der Waals surface area contributed by atoms with Gasteiger partial charge in [-0.15, -0.1) is 0 Å². The van der Waals surface area contributed by atoms with Crippen LogP contribution in [-0.4, -0.2) is 28.5 Å². The molecular formula is C14H16N4O3. The largest absolute Gasteiger partial charge is 0.377 e. The number of hydrogen-bond acceptors (Lipinski definition) is 6. The molecule has 0 spiro atoms. The fraction of sp³-hybridized carbons (Fsp3) is 0.286. The van der Waals surface area contributed by atoms with Crippen LogP contribution in [0.15, 0.2) is 30.3 Å². The number of anilines is 1. The quantitative estimate of drug-likeness (QED) is 0.649. The van der Waals surface area contributed by atoms with Crippen molar-refractivity contribution in [3.8, 4) is 11.3 Å². The van der Waals surface area contributed by atoms with Gasteiger partial charge in [0.2, 0.25) is 0 Å². The van der Waals surface area contributed by atoms with E-state index < -0.39 is 4.92 Å². The summed E-state index contributed by atoms with van der Waals surface area (Å²) in [5, 5.41) is 14.0. The zero-order valence-electron chi connectivity index (χ0n) is 11.9. The Morgan fingerprint density at radius 1 is 1.33 bits per heavy atom. The second kappa shape index (κ2) is 6.76. The van der Waals surface area contributed by atoms with E-state index in [0.29, 0.717) is 22.9 Å². The molecule has 1 aromatic carbocycles. The first kappa shape index (κ1) is 14.9. The molecule has 0 aliphatic heterocycles. The third-order valence-corrected chi connectivity index (χ3v) is 2.76. The SMILES string of the molecule is CCNc1cc(-c2cccc([N+](=O)[O-])c2)nc(COC)n1. The molecule has 0 unspecified atom stereocenters. The monoisotopic (exact) mass is 288 g/mol. The molecule has 0 aliphatic rings. The van der Waals surface area contributed by atoms with Crippen LogP contribution in [0.3, 0.4) is 0 Å². The summed E-state index contributed by atoms with van der Waals surface area (Å²) < 4.78 is 5.05. The fourth-order valence-electron chi connectivity index (χ4n) is 1.89. The van der Waals surface area contributed by atoms with Crippen LogP contribution in [0.4, 0.5) is 11.5 Å². The molecular weight excluding hydrogens is 272 g/mol. The van der Waals surface area contributed by atoms with Crippen molar-refractivity contribution in [2.75, 3.05) is 19.0 Å². The third-order valence-electron chi connectivity index (χ3n) is 2.76. The van der Waals surface area contributed by atoms with E-state index in [4.69, 9.17) is 4.74 Å². The van der Waals surface area contributed by atoms with Gasteiger partial charge in [0.15, 0.2) is 5.82 Å². The molecule has 1 heterocycles. The van der Waals surface area contributed by atoms with E-state index >= 15 is 0 Å². The number of rotatable bonds is 6. The topological polar surface area (TPSA) is 90.2 Å². The van der Waals surface area contributed by atoms with Crippen LogP contribution in [0.25, 0.3) is 11.3 Å². The van der Waals surface area contributed by atoms with Crippen molar-refractivity contribution in [3.63, 3.8) is 0 Å². The minimum Gasteiger partial charge on any atom is -0.377 e. The Hall–Kier alpha value is -2.54. The normalized spacial score (nSPS) is 10.4. The van der Waals surface area contributed by atoms with Gasteiger partial charge in [-0.05, 0) is 6.92 Å². The number of aromatic nitrogens is 2. The Morgan fingerprint density at radius 3 is 2.81 bits per heavy atom. The molecule has 0 atom stereocenters. The molecule has 21 heavy (non-hydrogen) atoms. The average Bonchev–Trinajstić information content (AvgIpc) is 2.48. The lowest BCUT2D eigenvalue weighted by molar-refractivity contribution is -0.384. The van der Waals surface area contributed by atoms with Gasteiger partial charge in [0.25, 0.3) is 5.69 Å². The number of non-ortho nitro benzene ring substituents is 1. The van der Waals surface area contributed by atoms with Crippen molar-refractivity contribution >= 4 is 11.5 Å². The van der Waals surface area contributed by atoms with Crippen LogP contribution in [-0.2, 0) is 11.3 Å². The van der Waals surface area contributed by atoms with Gasteiger partial charge in [-0.2, -0.15) is 0 Å². The summed E-state index contributed by atoms with van der Waals surface area (Å²) in [6.45, 7) is 2.96. The molecule has 1 aromatic heterocycles. The molecule has 2 aromatic rings. The highest BCUT2D eigenvalue weighted by Gasteiger charge is 2.10. The number of hydrogen-bond donors (Lipinski definition) is 1. The zero-order chi connectivity index (χ0) is 15.2. The Labute approximate surface area is 122 Å². The number of nitro groups is 1. The van der Waals surface area contributed by atoms with E-state index in [1.807, 2.05) is 6.92 Å². The minimum atomic E-state index is -0.425. The summed E-state index contributed by atoms with van der Waals surface area (Å²) >= 11 is 0. The predicted molar refractivity (Wildman–Crippen MR) is 79.0 cm³/mol. The van der Waals surface area contributed by atoms with Crippen LogP contribution in [0.2, 0.25) is 0 Å². The third kappa shape index (κ3) is 3.73. The van der Waals surface area contributed by atoms with Gasteiger partial charge in [-0.3, -0.25) is 10.1 Å². The number of nitro benzene ring substituents is 1. The van der Waals surface area contributed by atoms with Gasteiger partial charge in [-0.25, -0.2) is 9.97 Å². The maximum Gasteiger partial charge on any atom is 0.270 e. The smallest absolute Gasteiger partial charge is 0.270 e. The molecule has 7 heteroatoms. The van der Waals surface area contributed by atoms with Crippen LogP contribution < -0.4 is 5.32 Å². The second-order valence-corrected chi connectivity index (χ2v) is 4.33. The van der Waals surface area contributed by atoms with Crippen LogP contribution in [0.1, 0.15) is 12.7 Å². The highest BCUT2D eigenvalue weighted by atomic mass is 16.6. The lowest BCUT2D eigenvalue weighted by atomic mass is 10.1. The summed E-state index contributed by atoms with van der Waals surface area (Å²) in [7, 11) is 1.57. The zero-order valence-corrected chi connectivity index (χ0v) is 11.9. The van der Waals surface area contributed by atoms with Crippen molar-refractivity contribution in [1.82, 2.24) is 9.97 Å². The van der Waals surface area contributed by atoms with Crippen molar-refractivity contribution in [1.29, 1.82) is 0 Å². The highest BCUT2D eigenvalue weighted by Crippen LogP contribution is 2.24. The van der Waals surface area contributed by atoms with Gasteiger partial charge in [0.1, 0.15) is 12.4 Å². The van der Waals surface area contributed by atoms with E-state index in [9.17, 15) is 10.1 Å². The highest BCUT2D eigenvalue weighted by molar-refractivity contribution is 5.65. The second-order valence-electron chi connectivity index (χ2n) is 4.33. The Morgan fingerprint density at radius 2 is 2.14 bits per heavy atom. The first-order valence-electron chi connectivity index (χ1n) is 6.49. The number of ether oxygens (including phenoxy) is 1. The van der Waals surface area contributed by atoms with Crippen LogP contribution >= 0.6 is 0 Å². The minimum absolute atomic E-state index is 0.0319. The molecule has 0 fully saturated rings. The maximum absolute atomic E-state index is 10.9. The Kier molecular flexibility index (Phi) is 4.78. The van der Waals surface area contributed by atoms with E-state index in [0.717, 1.165) is 6.54 Å². The predicted octanol–water partition coefficient (Wildman–Crippen LogP) is 2.63. The molecule has 2 rings (SSSR count). The lowest BCUT2D eigenvalue weighted by Gasteiger charge is -2.08. The summed E-state index contributed by atoms with van der Waals surface area (Å²) in [5.41, 5.74) is 1.32. The Bertz CT molecular complexity index is 622. The van der Waals surface area contributed by atoms with E-state index in [1.54, 1.807) is 25.3 Å². The number of benzene rings is 1. The first-order chi connectivity index (χ1) is 10.1. The van der Waals surface area contributed by atoms with Gasteiger partial charge in [-0.1, -0.05) is 12.1 Å². The number of nitrogens with one attached hydrogen (secondary N) is 1. The van der Waals surface area contributed by atoms with Crippen LogP contribution in [0, 0.1) is 10.1 Å². The molecule has 7 nitrogen and oxygen atoms in total. The molecule has 0 amide bonds. The molecule has 0 saturated heterocycles. The summed E-state index contributed by atoms with van der Waals surface area (Å²) in [4.78, 5) is 19.1. The van der Waals surface area contributed by atoms with Crippen LogP contribution in [0.5, 0.6) is 0 Å². The van der Waals surface area contributed by atoms with Gasteiger partial charge in [0.05, 0.1) is 10.6 Å². The maximum atomic E-state index is 10.9. The summed E-state index contributed by atoms with van der Waals surface area (Å²) in [6.07, 6.45) is 0. The van der Waals surface area contributed by atoms with Gasteiger partial charge >= 0.3 is 0 Å². The van der Waals surface area contributed by atoms with Crippen molar-refractivity contribution in [2.45, 2.75) is 13.5 Å². The standard InChI is InChI=1S/C14H16N4O3/c1-3-15-13-8-12(16-14(17-13)9-21-2)10-5-4-6-11(7-10)18(19)20/h4-8H,3,9H2,1-2H3,(H,15,16,17). The molecule has 1 N–H and O–H groups in total. The van der Waals surface area contributed by atoms with Gasteiger partial charge < -0.3 is 10.1 Å². The molecule has 0 aliphatic carbocycles. The summed E-state index contributed by atoms with van der Waals surface area (Å²) in [6, 6.07) is 8.13. The summed E-state index contributed by atoms with van der Waals surface area (Å²) in [5.74, 6) is 1.19. The van der Waals surface area contributed by atoms with Gasteiger partial charge in [0, 0.05) is 37.4 Å². The first-order valence-corrected chi connectivity index (χ1v) is 6.49. The molecule has 110 valence electrons. The molecule has 0 saturated carbocycles. The average molecular weight is 288 g/mol. The van der Waals surface area contributed by atoms with Crippen molar-refractivity contribution < 1.29 is 9.66 Å². The van der Waals surface area contributed by atoms with Crippen molar-refractivity contribution in [2.24, 2.45) is 0 Å². The van der Waals surface area contributed by atoms with E-state index in [-0.39, 0.29) is 12.3 Å². The number of methoxy groups -OCH3 is 1. The number of nitrogens with zero attached hydrogens (tertiary/aromatic N) is 3. The fourth-order valence-corrected chi connectivity index (χ4v) is 1.89. The molecule has 0 bridgehead atoms. The van der Waals surface area contributed by atoms with E-state index in [2.05, 4.69) is 15.3 Å². The molecule has 0 radical (unpaired) electrons.